The van der Waals surface area contributed by atoms with E-state index in [4.69, 9.17) is 0 Å². The van der Waals surface area contributed by atoms with Gasteiger partial charge in [-0.3, -0.25) is 0 Å². The molecule has 5 heteroatoms. The quantitative estimate of drug-likeness (QED) is 0.593. The molecule has 0 aromatic carbocycles. The minimum atomic E-state index is 0.0965. The van der Waals surface area contributed by atoms with Gasteiger partial charge in [-0.1, -0.05) is 0 Å². The second-order valence-electron chi connectivity index (χ2n) is 5.58. The van der Waals surface area contributed by atoms with Crippen molar-refractivity contribution in [3.05, 3.63) is 68.4 Å². The Bertz CT molecular complexity index is 964. The molecule has 4 heterocycles. The van der Waals surface area contributed by atoms with E-state index in [2.05, 4.69) is 51.5 Å². The number of hydrogen-bond donors (Lipinski definition) is 1. The predicted octanol–water partition coefficient (Wildman–Crippen LogP) is 4.52. The van der Waals surface area contributed by atoms with Gasteiger partial charge in [-0.25, -0.2) is 4.98 Å². The standard InChI is InChI=1S/C18H16N2OS2/c1-12-2-5-22-17(12)8-13-6-14(9-20-4-3-19-18(13)20)15-7-16(10-21)23-11-15/h2-7,9,11,21H,8,10H2,1H3. The van der Waals surface area contributed by atoms with Crippen LogP contribution in [0.15, 0.2) is 47.5 Å². The number of hydrogen-bond acceptors (Lipinski definition) is 4. The van der Waals surface area contributed by atoms with E-state index in [0.717, 1.165) is 28.1 Å². The van der Waals surface area contributed by atoms with Crippen LogP contribution < -0.4 is 0 Å². The third-order valence-corrected chi connectivity index (χ3v) is 5.97. The fourth-order valence-corrected chi connectivity index (χ4v) is 4.45. The molecule has 0 atom stereocenters. The minimum Gasteiger partial charge on any atom is -0.391 e. The molecule has 0 aliphatic carbocycles. The van der Waals surface area contributed by atoms with E-state index in [-0.39, 0.29) is 6.61 Å². The molecule has 0 unspecified atom stereocenters. The van der Waals surface area contributed by atoms with Crippen LogP contribution in [-0.4, -0.2) is 14.5 Å². The van der Waals surface area contributed by atoms with Crippen molar-refractivity contribution in [1.29, 1.82) is 0 Å². The molecule has 0 aliphatic rings. The molecule has 116 valence electrons. The van der Waals surface area contributed by atoms with Crippen molar-refractivity contribution < 1.29 is 5.11 Å². The number of rotatable bonds is 4. The van der Waals surface area contributed by atoms with Crippen molar-refractivity contribution in [3.63, 3.8) is 0 Å². The lowest BCUT2D eigenvalue weighted by atomic mass is 10.0. The largest absolute Gasteiger partial charge is 0.391 e. The van der Waals surface area contributed by atoms with Crippen LogP contribution in [0.1, 0.15) is 20.9 Å². The van der Waals surface area contributed by atoms with Gasteiger partial charge >= 0.3 is 0 Å². The maximum absolute atomic E-state index is 9.29. The van der Waals surface area contributed by atoms with E-state index in [1.165, 1.54) is 16.0 Å². The third kappa shape index (κ3) is 2.72. The van der Waals surface area contributed by atoms with Crippen molar-refractivity contribution in [2.75, 3.05) is 0 Å². The van der Waals surface area contributed by atoms with Crippen LogP contribution in [0.25, 0.3) is 16.8 Å². The normalized spacial score (nSPS) is 11.4. The summed E-state index contributed by atoms with van der Waals surface area (Å²) in [5.74, 6) is 0. The molecule has 0 saturated heterocycles. The van der Waals surface area contributed by atoms with Crippen LogP contribution in [-0.2, 0) is 13.0 Å². The Kier molecular flexibility index (Phi) is 3.77. The Morgan fingerprint density at radius 1 is 1.22 bits per heavy atom. The van der Waals surface area contributed by atoms with Gasteiger partial charge in [0.25, 0.3) is 0 Å². The number of thiophene rings is 2. The number of aryl methyl sites for hydroxylation is 1. The van der Waals surface area contributed by atoms with Crippen LogP contribution in [0.5, 0.6) is 0 Å². The monoisotopic (exact) mass is 340 g/mol. The highest BCUT2D eigenvalue weighted by molar-refractivity contribution is 7.10. The molecular weight excluding hydrogens is 324 g/mol. The number of aromatic nitrogens is 2. The highest BCUT2D eigenvalue weighted by atomic mass is 32.1. The Morgan fingerprint density at radius 2 is 2.13 bits per heavy atom. The smallest absolute Gasteiger partial charge is 0.140 e. The lowest BCUT2D eigenvalue weighted by Gasteiger charge is -2.08. The second kappa shape index (κ2) is 5.92. The molecule has 23 heavy (non-hydrogen) atoms. The Balaban J connectivity index is 1.82. The minimum absolute atomic E-state index is 0.0965. The summed E-state index contributed by atoms with van der Waals surface area (Å²) in [4.78, 5) is 6.89. The molecule has 4 aromatic rings. The topological polar surface area (TPSA) is 37.5 Å². The first kappa shape index (κ1) is 14.6. The zero-order chi connectivity index (χ0) is 15.8. The Labute approximate surface area is 142 Å². The van der Waals surface area contributed by atoms with Gasteiger partial charge in [0.05, 0.1) is 6.61 Å². The van der Waals surface area contributed by atoms with Crippen molar-refractivity contribution in [3.8, 4) is 11.1 Å². The lowest BCUT2D eigenvalue weighted by molar-refractivity contribution is 0.285. The van der Waals surface area contributed by atoms with E-state index < -0.39 is 0 Å². The fraction of sp³-hybridized carbons (Fsp3) is 0.167. The van der Waals surface area contributed by atoms with E-state index >= 15 is 0 Å². The molecule has 0 saturated carbocycles. The Hall–Kier alpha value is -1.95. The van der Waals surface area contributed by atoms with E-state index in [1.54, 1.807) is 22.7 Å². The van der Waals surface area contributed by atoms with E-state index in [9.17, 15) is 5.11 Å². The maximum atomic E-state index is 9.29. The number of imidazole rings is 1. The average Bonchev–Trinajstić information content (AvgIpc) is 3.28. The first-order chi connectivity index (χ1) is 11.2. The second-order valence-corrected chi connectivity index (χ2v) is 7.57. The summed E-state index contributed by atoms with van der Waals surface area (Å²) < 4.78 is 2.09. The number of aliphatic hydroxyl groups is 1. The van der Waals surface area contributed by atoms with Gasteiger partial charge in [-0.2, -0.15) is 0 Å². The summed E-state index contributed by atoms with van der Waals surface area (Å²) in [6.45, 7) is 2.25. The van der Waals surface area contributed by atoms with Gasteiger partial charge in [0, 0.05) is 40.3 Å². The summed E-state index contributed by atoms with van der Waals surface area (Å²) >= 11 is 3.39. The van der Waals surface area contributed by atoms with Gasteiger partial charge in [-0.15, -0.1) is 22.7 Å². The van der Waals surface area contributed by atoms with Crippen molar-refractivity contribution in [2.45, 2.75) is 20.0 Å². The van der Waals surface area contributed by atoms with Crippen molar-refractivity contribution in [1.82, 2.24) is 9.38 Å². The van der Waals surface area contributed by atoms with Crippen LogP contribution in [0.4, 0.5) is 0 Å². The highest BCUT2D eigenvalue weighted by Gasteiger charge is 2.11. The van der Waals surface area contributed by atoms with Gasteiger partial charge in [0.1, 0.15) is 5.65 Å². The molecule has 4 rings (SSSR count). The van der Waals surface area contributed by atoms with Crippen LogP contribution in [0.3, 0.4) is 0 Å². The molecule has 1 N–H and O–H groups in total. The van der Waals surface area contributed by atoms with Gasteiger partial charge in [0.2, 0.25) is 0 Å². The highest BCUT2D eigenvalue weighted by Crippen LogP contribution is 2.29. The number of fused-ring (bicyclic) bond motifs is 1. The fourth-order valence-electron chi connectivity index (χ4n) is 2.77. The number of pyridine rings is 1. The SMILES string of the molecule is Cc1ccsc1Cc1cc(-c2csc(CO)c2)cn2ccnc12. The Morgan fingerprint density at radius 3 is 2.87 bits per heavy atom. The maximum Gasteiger partial charge on any atom is 0.140 e. The zero-order valence-electron chi connectivity index (χ0n) is 12.7. The van der Waals surface area contributed by atoms with Crippen LogP contribution in [0, 0.1) is 6.92 Å². The first-order valence-electron chi connectivity index (χ1n) is 7.42. The van der Waals surface area contributed by atoms with E-state index in [1.807, 2.05) is 12.4 Å². The van der Waals surface area contributed by atoms with Gasteiger partial charge in [-0.05, 0) is 52.6 Å². The zero-order valence-corrected chi connectivity index (χ0v) is 14.3. The summed E-state index contributed by atoms with van der Waals surface area (Å²) in [5, 5.41) is 13.5. The van der Waals surface area contributed by atoms with Crippen LogP contribution >= 0.6 is 22.7 Å². The number of aliphatic hydroxyl groups excluding tert-OH is 1. The van der Waals surface area contributed by atoms with Gasteiger partial charge < -0.3 is 9.51 Å². The first-order valence-corrected chi connectivity index (χ1v) is 9.18. The molecule has 0 bridgehead atoms. The lowest BCUT2D eigenvalue weighted by Crippen LogP contribution is -1.95. The van der Waals surface area contributed by atoms with Crippen molar-refractivity contribution >= 4 is 28.3 Å². The predicted molar refractivity (Wildman–Crippen MR) is 96.3 cm³/mol. The molecule has 0 amide bonds. The van der Waals surface area contributed by atoms with Crippen LogP contribution in [0.2, 0.25) is 0 Å². The molecule has 4 aromatic heterocycles. The third-order valence-electron chi connectivity index (χ3n) is 4.03. The van der Waals surface area contributed by atoms with Crippen molar-refractivity contribution in [2.24, 2.45) is 0 Å². The summed E-state index contributed by atoms with van der Waals surface area (Å²) in [5.41, 5.74) is 5.90. The summed E-state index contributed by atoms with van der Waals surface area (Å²) in [6.07, 6.45) is 6.84. The molecule has 0 fully saturated rings. The molecule has 0 radical (unpaired) electrons. The molecular formula is C18H16N2OS2. The summed E-state index contributed by atoms with van der Waals surface area (Å²) in [6, 6.07) is 6.45. The molecule has 0 spiro atoms. The average molecular weight is 340 g/mol. The number of nitrogens with zero attached hydrogens (tertiary/aromatic N) is 2. The molecule has 0 aliphatic heterocycles. The summed E-state index contributed by atoms with van der Waals surface area (Å²) in [7, 11) is 0. The van der Waals surface area contributed by atoms with E-state index in [0.29, 0.717) is 0 Å². The molecule has 3 nitrogen and oxygen atoms in total. The van der Waals surface area contributed by atoms with Gasteiger partial charge in [0.15, 0.2) is 0 Å².